The average molecular weight is 557 g/mol. The molecule has 2 bridgehead atoms. The number of aliphatic hydroxyl groups excluding tert-OH is 1. The molecule has 1 heterocycles. The van der Waals surface area contributed by atoms with E-state index >= 15 is 0 Å². The van der Waals surface area contributed by atoms with Crippen LogP contribution >= 0.6 is 0 Å². The molecule has 1 aliphatic heterocycles. The quantitative estimate of drug-likeness (QED) is 0.491. The lowest BCUT2D eigenvalue weighted by Crippen LogP contribution is -2.62. The van der Waals surface area contributed by atoms with Gasteiger partial charge in [0, 0.05) is 43.3 Å². The number of rotatable bonds is 6. The van der Waals surface area contributed by atoms with Gasteiger partial charge in [0.2, 0.25) is 5.91 Å². The van der Waals surface area contributed by atoms with Crippen LogP contribution in [-0.4, -0.2) is 77.3 Å². The molecule has 222 valence electrons. The zero-order valence-electron chi connectivity index (χ0n) is 25.4. The molecule has 9 heteroatoms. The van der Waals surface area contributed by atoms with Gasteiger partial charge >= 0.3 is 6.09 Å². The second-order valence-electron chi connectivity index (χ2n) is 13.9. The highest BCUT2D eigenvalue weighted by Crippen LogP contribution is 2.71. The number of hydrogen-bond donors (Lipinski definition) is 3. The van der Waals surface area contributed by atoms with Crippen molar-refractivity contribution >= 4 is 23.5 Å². The predicted molar refractivity (Wildman–Crippen MR) is 155 cm³/mol. The molecule has 3 aliphatic rings. The van der Waals surface area contributed by atoms with Gasteiger partial charge in [0.15, 0.2) is 5.78 Å². The number of ether oxygens (including phenoxy) is 1. The summed E-state index contributed by atoms with van der Waals surface area (Å²) in [6, 6.07) is 7.01. The number of benzene rings is 1. The maximum Gasteiger partial charge on any atom is 0.408 e. The molecule has 2 saturated carbocycles. The molecule has 40 heavy (non-hydrogen) atoms. The summed E-state index contributed by atoms with van der Waals surface area (Å²) in [5.74, 6) is -1.97. The second kappa shape index (κ2) is 10.3. The topological polar surface area (TPSA) is 125 Å². The van der Waals surface area contributed by atoms with Crippen molar-refractivity contribution in [3.8, 4) is 0 Å². The summed E-state index contributed by atoms with van der Waals surface area (Å²) in [5.41, 5.74) is 6.77. The average Bonchev–Trinajstić information content (AvgIpc) is 3.12. The third-order valence-electron chi connectivity index (χ3n) is 10.3. The van der Waals surface area contributed by atoms with Gasteiger partial charge in [0.1, 0.15) is 11.6 Å². The van der Waals surface area contributed by atoms with Gasteiger partial charge in [0.25, 0.3) is 0 Å². The number of alkyl carbamates (subject to hydrolysis) is 1. The van der Waals surface area contributed by atoms with Crippen LogP contribution in [0.2, 0.25) is 0 Å². The highest BCUT2D eigenvalue weighted by molar-refractivity contribution is 5.96. The summed E-state index contributed by atoms with van der Waals surface area (Å²) in [6.07, 6.45) is -0.625. The second-order valence-corrected chi connectivity index (χ2v) is 13.9. The number of piperazine rings is 1. The number of aryl methyl sites for hydroxylation is 1. The van der Waals surface area contributed by atoms with E-state index in [1.165, 1.54) is 18.2 Å². The van der Waals surface area contributed by atoms with E-state index < -0.39 is 52.0 Å². The monoisotopic (exact) mass is 556 g/mol. The number of para-hydroxylation sites is 1. The van der Waals surface area contributed by atoms with Crippen LogP contribution in [0.25, 0.3) is 0 Å². The Labute approximate surface area is 238 Å². The number of hydrogen-bond acceptors (Lipinski definition) is 7. The molecule has 2 amide bonds. The molecule has 3 fully saturated rings. The van der Waals surface area contributed by atoms with Gasteiger partial charge in [-0.1, -0.05) is 39.0 Å². The lowest BCUT2D eigenvalue weighted by molar-refractivity contribution is -0.147. The van der Waals surface area contributed by atoms with Gasteiger partial charge in [-0.3, -0.25) is 9.59 Å². The van der Waals surface area contributed by atoms with Crippen LogP contribution in [0.5, 0.6) is 0 Å². The summed E-state index contributed by atoms with van der Waals surface area (Å²) in [6.45, 7) is 17.4. The van der Waals surface area contributed by atoms with Gasteiger partial charge < -0.3 is 30.7 Å². The number of carbonyl (C=O) groups excluding carboxylic acids is 3. The molecule has 1 aromatic carbocycles. The number of carbonyl (C=O) groups is 3. The van der Waals surface area contributed by atoms with Crippen molar-refractivity contribution in [1.29, 1.82) is 0 Å². The van der Waals surface area contributed by atoms with Crippen LogP contribution in [0.4, 0.5) is 10.5 Å². The lowest BCUT2D eigenvalue weighted by Gasteiger charge is -2.44. The third-order valence-corrected chi connectivity index (χ3v) is 10.3. The normalized spacial score (nSPS) is 31.1. The maximum atomic E-state index is 14.4. The summed E-state index contributed by atoms with van der Waals surface area (Å²) in [4.78, 5) is 45.5. The predicted octanol–water partition coefficient (Wildman–Crippen LogP) is 3.26. The smallest absolute Gasteiger partial charge is 0.408 e. The minimum Gasteiger partial charge on any atom is -0.444 e. The van der Waals surface area contributed by atoms with E-state index in [1.54, 1.807) is 20.8 Å². The van der Waals surface area contributed by atoms with Crippen molar-refractivity contribution in [3.05, 3.63) is 29.8 Å². The molecule has 6 unspecified atom stereocenters. The van der Waals surface area contributed by atoms with E-state index in [0.29, 0.717) is 39.0 Å². The Bertz CT molecular complexity index is 1150. The van der Waals surface area contributed by atoms with Gasteiger partial charge in [-0.25, -0.2) is 4.79 Å². The first-order valence-corrected chi connectivity index (χ1v) is 14.5. The Morgan fingerprint density at radius 3 is 2.20 bits per heavy atom. The highest BCUT2D eigenvalue weighted by atomic mass is 16.6. The summed E-state index contributed by atoms with van der Waals surface area (Å²) in [7, 11) is 0. The number of fused-ring (bicyclic) bond motifs is 2. The first-order chi connectivity index (χ1) is 18.4. The Kier molecular flexibility index (Phi) is 7.82. The van der Waals surface area contributed by atoms with E-state index in [2.05, 4.69) is 43.1 Å². The number of nitrogens with one attached hydrogen (secondary N) is 1. The van der Waals surface area contributed by atoms with Crippen LogP contribution < -0.4 is 16.0 Å². The molecule has 1 aromatic rings. The molecule has 6 atom stereocenters. The molecular weight excluding hydrogens is 508 g/mol. The van der Waals surface area contributed by atoms with E-state index in [4.69, 9.17) is 10.5 Å². The van der Waals surface area contributed by atoms with E-state index in [-0.39, 0.29) is 11.7 Å². The summed E-state index contributed by atoms with van der Waals surface area (Å²) < 4.78 is 5.39. The first-order valence-electron chi connectivity index (χ1n) is 14.5. The number of Topliss-reactive ketones (excluding diaryl/α,β-unsaturated/α-hetero) is 1. The fourth-order valence-corrected chi connectivity index (χ4v) is 7.56. The van der Waals surface area contributed by atoms with Crippen molar-refractivity contribution in [2.24, 2.45) is 28.4 Å². The largest absolute Gasteiger partial charge is 0.444 e. The molecule has 0 spiro atoms. The van der Waals surface area contributed by atoms with Gasteiger partial charge in [0.05, 0.1) is 12.0 Å². The zero-order valence-corrected chi connectivity index (χ0v) is 25.4. The van der Waals surface area contributed by atoms with Crippen LogP contribution in [0.15, 0.2) is 24.3 Å². The SMILES string of the molecule is Cc1ccccc1N1CCN(C(=O)C2C(C(=O)C(NC(=O)OC(C)(C)C)C(C)O)C3(C)CCC2(N)C3(C)C)CC1. The number of anilines is 1. The van der Waals surface area contributed by atoms with Crippen molar-refractivity contribution in [2.75, 3.05) is 31.1 Å². The minimum absolute atomic E-state index is 0.108. The van der Waals surface area contributed by atoms with Crippen LogP contribution in [0.1, 0.15) is 66.9 Å². The molecule has 0 aromatic heterocycles. The van der Waals surface area contributed by atoms with Gasteiger partial charge in [-0.2, -0.15) is 0 Å². The number of aliphatic hydroxyl groups is 1. The molecule has 4 N–H and O–H groups in total. The number of nitrogens with two attached hydrogens (primary N) is 1. The van der Waals surface area contributed by atoms with Crippen molar-refractivity contribution < 1.29 is 24.2 Å². The van der Waals surface area contributed by atoms with Crippen LogP contribution in [0.3, 0.4) is 0 Å². The zero-order chi connectivity index (χ0) is 29.8. The molecule has 0 radical (unpaired) electrons. The fraction of sp³-hybridized carbons (Fsp3) is 0.710. The van der Waals surface area contributed by atoms with Gasteiger partial charge in [-0.15, -0.1) is 0 Å². The standard InChI is InChI=1S/C31H48N4O5/c1-19-11-9-10-12-21(19)34-15-17-35(18-16-34)26(38)23-22(30(8)13-14-31(23,32)29(30,6)7)25(37)24(20(2)36)33-27(39)40-28(3,4)5/h9-12,20,22-24,36H,13-18,32H2,1-8H3,(H,33,39). The Morgan fingerprint density at radius 2 is 1.65 bits per heavy atom. The Hall–Kier alpha value is -2.65. The molecule has 2 aliphatic carbocycles. The molecule has 4 rings (SSSR count). The first kappa shape index (κ1) is 30.3. The van der Waals surface area contributed by atoms with E-state index in [9.17, 15) is 19.5 Å². The fourth-order valence-electron chi connectivity index (χ4n) is 7.56. The van der Waals surface area contributed by atoms with Crippen molar-refractivity contribution in [1.82, 2.24) is 10.2 Å². The van der Waals surface area contributed by atoms with E-state index in [0.717, 1.165) is 0 Å². The maximum absolute atomic E-state index is 14.4. The number of amides is 2. The molecule has 9 nitrogen and oxygen atoms in total. The minimum atomic E-state index is -1.22. The lowest BCUT2D eigenvalue weighted by atomic mass is 9.63. The third kappa shape index (κ3) is 4.89. The van der Waals surface area contributed by atoms with Crippen molar-refractivity contribution in [2.45, 2.75) is 91.5 Å². The molecular formula is C31H48N4O5. The Balaban J connectivity index is 1.61. The van der Waals surface area contributed by atoms with Crippen molar-refractivity contribution in [3.63, 3.8) is 0 Å². The number of ketones is 1. The number of nitrogens with zero attached hydrogens (tertiary/aromatic N) is 2. The Morgan fingerprint density at radius 1 is 1.05 bits per heavy atom. The summed E-state index contributed by atoms with van der Waals surface area (Å²) in [5, 5.41) is 13.3. The van der Waals surface area contributed by atoms with Crippen LogP contribution in [-0.2, 0) is 14.3 Å². The summed E-state index contributed by atoms with van der Waals surface area (Å²) >= 11 is 0. The van der Waals surface area contributed by atoms with E-state index in [1.807, 2.05) is 24.0 Å². The highest BCUT2D eigenvalue weighted by Gasteiger charge is 2.76. The molecule has 1 saturated heterocycles. The van der Waals surface area contributed by atoms with Crippen LogP contribution in [0, 0.1) is 29.6 Å². The van der Waals surface area contributed by atoms with Gasteiger partial charge in [-0.05, 0) is 69.9 Å².